The molecule has 0 radical (unpaired) electrons. The van der Waals surface area contributed by atoms with Gasteiger partial charge in [-0.05, 0) is 24.1 Å². The summed E-state index contributed by atoms with van der Waals surface area (Å²) in [5.41, 5.74) is 2.55. The summed E-state index contributed by atoms with van der Waals surface area (Å²) in [5, 5.41) is 0. The Kier molecular flexibility index (Phi) is 10.2. The van der Waals surface area contributed by atoms with E-state index >= 15 is 0 Å². The van der Waals surface area contributed by atoms with Gasteiger partial charge in [0.15, 0.2) is 0 Å². The first-order valence-corrected chi connectivity index (χ1v) is 10.0. The van der Waals surface area contributed by atoms with E-state index in [0.29, 0.717) is 0 Å². The fraction of sp³-hybridized carbons (Fsp3) is 0.360. The van der Waals surface area contributed by atoms with Crippen molar-refractivity contribution in [2.75, 3.05) is 19.6 Å². The predicted octanol–water partition coefficient (Wildman–Crippen LogP) is 6.69. The summed E-state index contributed by atoms with van der Waals surface area (Å²) in [6.45, 7) is 5.45. The zero-order chi connectivity index (χ0) is 18.3. The molecule has 0 bridgehead atoms. The molecule has 0 N–H and O–H groups in total. The fourth-order valence-electron chi connectivity index (χ4n) is 3.00. The largest absolute Gasteiger partial charge is 0.296 e. The number of rotatable bonds is 12. The molecule has 2 aromatic carbocycles. The van der Waals surface area contributed by atoms with Crippen molar-refractivity contribution in [1.82, 2.24) is 4.90 Å². The van der Waals surface area contributed by atoms with Crippen LogP contribution in [0.1, 0.15) is 50.2 Å². The molecule has 0 aliphatic rings. The van der Waals surface area contributed by atoms with E-state index in [4.69, 9.17) is 0 Å². The van der Waals surface area contributed by atoms with Gasteiger partial charge < -0.3 is 0 Å². The summed E-state index contributed by atoms with van der Waals surface area (Å²) in [6, 6.07) is 21.1. The standard InChI is InChI=1S/C25H33N/c1-2-3-4-5-12-21-26(22-13-19-24-15-8-6-9-16-24)23-14-20-25-17-10-7-11-18-25/h6-11,13-20H,2-5,12,21-23H2,1H3/b19-13+,20-14+. The van der Waals surface area contributed by atoms with Crippen LogP contribution in [-0.2, 0) is 0 Å². The van der Waals surface area contributed by atoms with Crippen LogP contribution in [0.3, 0.4) is 0 Å². The summed E-state index contributed by atoms with van der Waals surface area (Å²) in [4.78, 5) is 2.53. The lowest BCUT2D eigenvalue weighted by Crippen LogP contribution is -2.25. The average molecular weight is 348 g/mol. The Hall–Kier alpha value is -2.12. The molecule has 2 rings (SSSR count). The molecule has 0 spiro atoms. The predicted molar refractivity (Wildman–Crippen MR) is 116 cm³/mol. The van der Waals surface area contributed by atoms with Crippen molar-refractivity contribution in [3.8, 4) is 0 Å². The Labute approximate surface area is 160 Å². The maximum Gasteiger partial charge on any atom is 0.0169 e. The molecule has 0 aromatic heterocycles. The lowest BCUT2D eigenvalue weighted by atomic mass is 10.1. The van der Waals surface area contributed by atoms with Crippen molar-refractivity contribution in [3.05, 3.63) is 83.9 Å². The molecule has 2 aromatic rings. The summed E-state index contributed by atoms with van der Waals surface area (Å²) in [5.74, 6) is 0. The zero-order valence-electron chi connectivity index (χ0n) is 16.2. The fourth-order valence-corrected chi connectivity index (χ4v) is 3.00. The van der Waals surface area contributed by atoms with Gasteiger partial charge >= 0.3 is 0 Å². The van der Waals surface area contributed by atoms with Crippen LogP contribution >= 0.6 is 0 Å². The molecule has 1 nitrogen and oxygen atoms in total. The first kappa shape index (κ1) is 20.2. The number of hydrogen-bond donors (Lipinski definition) is 0. The lowest BCUT2D eigenvalue weighted by Gasteiger charge is -2.19. The van der Waals surface area contributed by atoms with Crippen molar-refractivity contribution >= 4 is 12.2 Å². The summed E-state index contributed by atoms with van der Waals surface area (Å²) < 4.78 is 0. The zero-order valence-corrected chi connectivity index (χ0v) is 16.2. The van der Waals surface area contributed by atoms with Crippen molar-refractivity contribution in [1.29, 1.82) is 0 Å². The molecule has 138 valence electrons. The summed E-state index contributed by atoms with van der Waals surface area (Å²) >= 11 is 0. The van der Waals surface area contributed by atoms with Crippen molar-refractivity contribution < 1.29 is 0 Å². The third-order valence-corrected chi connectivity index (χ3v) is 4.52. The van der Waals surface area contributed by atoms with E-state index in [9.17, 15) is 0 Å². The van der Waals surface area contributed by atoms with Crippen LogP contribution in [0.4, 0.5) is 0 Å². The highest BCUT2D eigenvalue weighted by atomic mass is 15.1. The van der Waals surface area contributed by atoms with Crippen LogP contribution in [0.2, 0.25) is 0 Å². The van der Waals surface area contributed by atoms with Crippen molar-refractivity contribution in [3.63, 3.8) is 0 Å². The molecule has 0 aliphatic carbocycles. The molecule has 0 aliphatic heterocycles. The summed E-state index contributed by atoms with van der Waals surface area (Å²) in [7, 11) is 0. The Balaban J connectivity index is 1.83. The van der Waals surface area contributed by atoms with E-state index in [-0.39, 0.29) is 0 Å². The highest BCUT2D eigenvalue weighted by Gasteiger charge is 2.01. The second-order valence-electron chi connectivity index (χ2n) is 6.80. The van der Waals surface area contributed by atoms with Crippen LogP contribution in [0, 0.1) is 0 Å². The number of unbranched alkanes of at least 4 members (excludes halogenated alkanes) is 4. The van der Waals surface area contributed by atoms with Gasteiger partial charge in [0.1, 0.15) is 0 Å². The van der Waals surface area contributed by atoms with Crippen LogP contribution in [0.15, 0.2) is 72.8 Å². The molecule has 0 fully saturated rings. The molecule has 0 amide bonds. The van der Waals surface area contributed by atoms with Gasteiger partial charge in [-0.3, -0.25) is 4.90 Å². The van der Waals surface area contributed by atoms with E-state index in [1.807, 2.05) is 0 Å². The highest BCUT2D eigenvalue weighted by Crippen LogP contribution is 2.07. The van der Waals surface area contributed by atoms with Gasteiger partial charge in [-0.25, -0.2) is 0 Å². The van der Waals surface area contributed by atoms with Gasteiger partial charge in [0.25, 0.3) is 0 Å². The minimum Gasteiger partial charge on any atom is -0.296 e. The third-order valence-electron chi connectivity index (χ3n) is 4.52. The van der Waals surface area contributed by atoms with Crippen LogP contribution in [0.25, 0.3) is 12.2 Å². The molecule has 0 atom stereocenters. The summed E-state index contributed by atoms with van der Waals surface area (Å²) in [6.07, 6.45) is 15.7. The first-order valence-electron chi connectivity index (χ1n) is 10.0. The maximum atomic E-state index is 2.53. The van der Waals surface area contributed by atoms with Crippen molar-refractivity contribution in [2.45, 2.75) is 39.0 Å². The quantitative estimate of drug-likeness (QED) is 0.387. The number of nitrogens with zero attached hydrogens (tertiary/aromatic N) is 1. The minimum atomic E-state index is 1.00. The van der Waals surface area contributed by atoms with Gasteiger partial charge in [0.05, 0.1) is 0 Å². The molecule has 0 heterocycles. The normalized spacial score (nSPS) is 11.8. The van der Waals surface area contributed by atoms with Crippen molar-refractivity contribution in [2.24, 2.45) is 0 Å². The first-order chi connectivity index (χ1) is 12.9. The molecule has 1 heteroatoms. The van der Waals surface area contributed by atoms with Gasteiger partial charge in [-0.1, -0.05) is 118 Å². The van der Waals surface area contributed by atoms with E-state index in [1.165, 1.54) is 49.8 Å². The Morgan fingerprint density at radius 2 is 1.15 bits per heavy atom. The molecule has 0 saturated heterocycles. The minimum absolute atomic E-state index is 1.00. The van der Waals surface area contributed by atoms with Gasteiger partial charge in [0, 0.05) is 13.1 Å². The van der Waals surface area contributed by atoms with Gasteiger partial charge in [0.2, 0.25) is 0 Å². The van der Waals surface area contributed by atoms with E-state index in [2.05, 4.69) is 96.8 Å². The van der Waals surface area contributed by atoms with Crippen LogP contribution in [-0.4, -0.2) is 24.5 Å². The topological polar surface area (TPSA) is 3.24 Å². The molecular formula is C25H33N. The SMILES string of the molecule is CCCCCCCN(C/C=C/c1ccccc1)C/C=C/c1ccccc1. The van der Waals surface area contributed by atoms with E-state index in [1.54, 1.807) is 0 Å². The highest BCUT2D eigenvalue weighted by molar-refractivity contribution is 5.49. The Morgan fingerprint density at radius 1 is 0.654 bits per heavy atom. The lowest BCUT2D eigenvalue weighted by molar-refractivity contribution is 0.325. The second-order valence-corrected chi connectivity index (χ2v) is 6.80. The Morgan fingerprint density at radius 3 is 1.65 bits per heavy atom. The van der Waals surface area contributed by atoms with Crippen LogP contribution in [0.5, 0.6) is 0 Å². The van der Waals surface area contributed by atoms with Crippen LogP contribution < -0.4 is 0 Å². The molecule has 0 saturated carbocycles. The second kappa shape index (κ2) is 13.1. The third kappa shape index (κ3) is 8.82. The maximum absolute atomic E-state index is 2.53. The monoisotopic (exact) mass is 347 g/mol. The molecular weight excluding hydrogens is 314 g/mol. The van der Waals surface area contributed by atoms with E-state index < -0.39 is 0 Å². The van der Waals surface area contributed by atoms with Gasteiger partial charge in [-0.15, -0.1) is 0 Å². The smallest absolute Gasteiger partial charge is 0.0169 e. The number of hydrogen-bond acceptors (Lipinski definition) is 1. The molecule has 26 heavy (non-hydrogen) atoms. The Bertz CT molecular complexity index is 576. The number of benzene rings is 2. The average Bonchev–Trinajstić information content (AvgIpc) is 2.69. The van der Waals surface area contributed by atoms with Gasteiger partial charge in [-0.2, -0.15) is 0 Å². The molecule has 0 unspecified atom stereocenters. The van der Waals surface area contributed by atoms with E-state index in [0.717, 1.165) is 13.1 Å².